The molecule has 0 saturated heterocycles. The van der Waals surface area contributed by atoms with E-state index in [-0.39, 0.29) is 18.1 Å². The normalized spacial score (nSPS) is 11.4. The number of esters is 1. The van der Waals surface area contributed by atoms with Crippen molar-refractivity contribution in [3.05, 3.63) is 70.3 Å². The predicted octanol–water partition coefficient (Wildman–Crippen LogP) is 3.21. The second kappa shape index (κ2) is 7.03. The van der Waals surface area contributed by atoms with E-state index in [0.717, 1.165) is 22.1 Å². The Morgan fingerprint density at radius 3 is 2.46 bits per heavy atom. The van der Waals surface area contributed by atoms with Crippen LogP contribution < -0.4 is 5.69 Å². The highest BCUT2D eigenvalue weighted by molar-refractivity contribution is 5.85. The molecule has 2 aromatic carbocycles. The summed E-state index contributed by atoms with van der Waals surface area (Å²) in [4.78, 5) is 24.8. The Morgan fingerprint density at radius 1 is 1.04 bits per heavy atom. The van der Waals surface area contributed by atoms with Crippen LogP contribution in [0.25, 0.3) is 21.9 Å². The topological polar surface area (TPSA) is 58.2 Å². The zero-order valence-electron chi connectivity index (χ0n) is 16.3. The molecule has 0 N–H and O–H groups in total. The summed E-state index contributed by atoms with van der Waals surface area (Å²) in [5.74, 6) is -0.326. The van der Waals surface area contributed by atoms with Crippen LogP contribution in [-0.2, 0) is 29.7 Å². The number of methoxy groups -OCH3 is 1. The summed E-state index contributed by atoms with van der Waals surface area (Å²) in [6.45, 7) is 2.85. The molecule has 0 aliphatic carbocycles. The number of hydrogen-bond donors (Lipinski definition) is 0. The smallest absolute Gasteiger partial charge is 0.329 e. The predicted molar refractivity (Wildman–Crippen MR) is 110 cm³/mol. The Labute approximate surface area is 162 Å². The summed E-state index contributed by atoms with van der Waals surface area (Å²) in [5.41, 5.74) is 4.97. The first-order valence-corrected chi connectivity index (χ1v) is 9.30. The lowest BCUT2D eigenvalue weighted by Crippen LogP contribution is -2.26. The van der Waals surface area contributed by atoms with Gasteiger partial charge in [-0.3, -0.25) is 13.9 Å². The van der Waals surface area contributed by atoms with E-state index < -0.39 is 0 Å². The fourth-order valence-electron chi connectivity index (χ4n) is 3.88. The van der Waals surface area contributed by atoms with Gasteiger partial charge in [-0.2, -0.15) is 0 Å². The van der Waals surface area contributed by atoms with Gasteiger partial charge in [0.15, 0.2) is 0 Å². The summed E-state index contributed by atoms with van der Waals surface area (Å²) >= 11 is 0. The van der Waals surface area contributed by atoms with E-state index in [9.17, 15) is 9.59 Å². The highest BCUT2D eigenvalue weighted by Crippen LogP contribution is 2.24. The molecule has 0 bridgehead atoms. The number of fused-ring (bicyclic) bond motifs is 2. The first kappa shape index (κ1) is 18.1. The SMILES string of the molecule is COC(=O)CCn1c(=O)n(Cc2cccc3cc(C)n(C)c23)c2ccccc21. The molecule has 0 aliphatic rings. The van der Waals surface area contributed by atoms with E-state index in [1.54, 1.807) is 9.13 Å². The Balaban J connectivity index is 1.83. The molecule has 0 fully saturated rings. The maximum absolute atomic E-state index is 13.2. The molecule has 0 spiro atoms. The van der Waals surface area contributed by atoms with Crippen molar-refractivity contribution in [2.45, 2.75) is 26.4 Å². The summed E-state index contributed by atoms with van der Waals surface area (Å²) in [6.07, 6.45) is 0.164. The van der Waals surface area contributed by atoms with Gasteiger partial charge >= 0.3 is 11.7 Å². The van der Waals surface area contributed by atoms with Crippen LogP contribution in [0.5, 0.6) is 0 Å². The fraction of sp³-hybridized carbons (Fsp3) is 0.273. The first-order valence-electron chi connectivity index (χ1n) is 9.30. The molecule has 6 heteroatoms. The number of aromatic nitrogens is 3. The first-order chi connectivity index (χ1) is 13.5. The van der Waals surface area contributed by atoms with E-state index >= 15 is 0 Å². The number of aryl methyl sites for hydroxylation is 3. The van der Waals surface area contributed by atoms with E-state index in [4.69, 9.17) is 4.74 Å². The van der Waals surface area contributed by atoms with Crippen molar-refractivity contribution in [2.75, 3.05) is 7.11 Å². The van der Waals surface area contributed by atoms with Crippen LogP contribution in [0.4, 0.5) is 0 Å². The number of imidazole rings is 1. The average Bonchev–Trinajstić information content (AvgIpc) is 3.14. The van der Waals surface area contributed by atoms with Gasteiger partial charge in [-0.15, -0.1) is 0 Å². The molecular formula is C22H23N3O3. The molecule has 0 aliphatic heterocycles. The Bertz CT molecular complexity index is 1240. The Hall–Kier alpha value is -3.28. The van der Waals surface area contributed by atoms with Crippen molar-refractivity contribution in [3.8, 4) is 0 Å². The van der Waals surface area contributed by atoms with Gasteiger partial charge in [0, 0.05) is 24.7 Å². The molecular weight excluding hydrogens is 354 g/mol. The van der Waals surface area contributed by atoms with Crippen molar-refractivity contribution in [1.82, 2.24) is 13.7 Å². The number of carbonyl (C=O) groups excluding carboxylic acids is 1. The van der Waals surface area contributed by atoms with Crippen molar-refractivity contribution in [1.29, 1.82) is 0 Å². The minimum Gasteiger partial charge on any atom is -0.469 e. The van der Waals surface area contributed by atoms with Crippen LogP contribution in [0.3, 0.4) is 0 Å². The molecule has 6 nitrogen and oxygen atoms in total. The van der Waals surface area contributed by atoms with Crippen molar-refractivity contribution in [3.63, 3.8) is 0 Å². The number of nitrogens with zero attached hydrogens (tertiary/aromatic N) is 3. The maximum Gasteiger partial charge on any atom is 0.329 e. The minimum absolute atomic E-state index is 0.118. The van der Waals surface area contributed by atoms with E-state index in [2.05, 4.69) is 29.7 Å². The molecule has 4 aromatic rings. The third-order valence-electron chi connectivity index (χ3n) is 5.40. The summed E-state index contributed by atoms with van der Waals surface area (Å²) < 4.78 is 10.3. The Morgan fingerprint density at radius 2 is 1.75 bits per heavy atom. The van der Waals surface area contributed by atoms with Gasteiger partial charge in [0.2, 0.25) is 0 Å². The van der Waals surface area contributed by atoms with E-state index in [0.29, 0.717) is 13.1 Å². The van der Waals surface area contributed by atoms with Gasteiger partial charge in [-0.05, 0) is 30.7 Å². The Kier molecular flexibility index (Phi) is 4.55. The van der Waals surface area contributed by atoms with E-state index in [1.807, 2.05) is 37.4 Å². The zero-order valence-corrected chi connectivity index (χ0v) is 16.3. The second-order valence-corrected chi connectivity index (χ2v) is 7.03. The van der Waals surface area contributed by atoms with Crippen LogP contribution in [0.1, 0.15) is 17.7 Å². The lowest BCUT2D eigenvalue weighted by Gasteiger charge is -2.08. The quantitative estimate of drug-likeness (QED) is 0.502. The third-order valence-corrected chi connectivity index (χ3v) is 5.40. The number of para-hydroxylation sites is 3. The number of hydrogen-bond acceptors (Lipinski definition) is 3. The number of carbonyl (C=O) groups is 1. The maximum atomic E-state index is 13.2. The summed E-state index contributed by atoms with van der Waals surface area (Å²) in [7, 11) is 3.40. The molecule has 0 amide bonds. The largest absolute Gasteiger partial charge is 0.469 e. The van der Waals surface area contributed by atoms with Gasteiger partial charge in [-0.1, -0.05) is 30.3 Å². The second-order valence-electron chi connectivity index (χ2n) is 7.03. The lowest BCUT2D eigenvalue weighted by molar-refractivity contribution is -0.140. The third kappa shape index (κ3) is 2.91. The molecule has 4 rings (SSSR count). The lowest BCUT2D eigenvalue weighted by atomic mass is 10.1. The fourth-order valence-corrected chi connectivity index (χ4v) is 3.88. The van der Waals surface area contributed by atoms with Crippen molar-refractivity contribution in [2.24, 2.45) is 7.05 Å². The van der Waals surface area contributed by atoms with Crippen LogP contribution in [0.15, 0.2) is 53.3 Å². The van der Waals surface area contributed by atoms with Crippen molar-refractivity contribution < 1.29 is 9.53 Å². The van der Waals surface area contributed by atoms with E-state index in [1.165, 1.54) is 18.2 Å². The molecule has 0 radical (unpaired) electrons. The van der Waals surface area contributed by atoms with Crippen molar-refractivity contribution >= 4 is 27.9 Å². The van der Waals surface area contributed by atoms with Crippen LogP contribution >= 0.6 is 0 Å². The highest BCUT2D eigenvalue weighted by Gasteiger charge is 2.16. The minimum atomic E-state index is -0.326. The molecule has 2 aromatic heterocycles. The van der Waals surface area contributed by atoms with Crippen LogP contribution in [-0.4, -0.2) is 26.8 Å². The van der Waals surface area contributed by atoms with Gasteiger partial charge in [0.1, 0.15) is 0 Å². The molecule has 0 atom stereocenters. The average molecular weight is 377 g/mol. The van der Waals surface area contributed by atoms with Crippen LogP contribution in [0.2, 0.25) is 0 Å². The van der Waals surface area contributed by atoms with Gasteiger partial charge < -0.3 is 9.30 Å². The highest BCUT2D eigenvalue weighted by atomic mass is 16.5. The monoisotopic (exact) mass is 377 g/mol. The van der Waals surface area contributed by atoms with Gasteiger partial charge in [0.05, 0.1) is 36.6 Å². The standard InChI is InChI=1S/C22H23N3O3/c1-15-13-16-7-6-8-17(21(16)23(15)2)14-25-19-10-5-4-9-18(19)24(22(25)27)12-11-20(26)28-3/h4-10,13H,11-12,14H2,1-3H3. The summed E-state index contributed by atoms with van der Waals surface area (Å²) in [5, 5.41) is 1.17. The van der Waals surface area contributed by atoms with Gasteiger partial charge in [-0.25, -0.2) is 4.79 Å². The zero-order chi connectivity index (χ0) is 19.8. The number of rotatable bonds is 5. The van der Waals surface area contributed by atoms with Gasteiger partial charge in [0.25, 0.3) is 0 Å². The molecule has 144 valence electrons. The molecule has 0 unspecified atom stereocenters. The molecule has 28 heavy (non-hydrogen) atoms. The molecule has 0 saturated carbocycles. The number of benzene rings is 2. The summed E-state index contributed by atoms with van der Waals surface area (Å²) in [6, 6.07) is 16.0. The van der Waals surface area contributed by atoms with Crippen LogP contribution in [0, 0.1) is 6.92 Å². The number of ether oxygens (including phenoxy) is 1. The molecule has 2 heterocycles.